The van der Waals surface area contributed by atoms with Crippen molar-refractivity contribution in [3.63, 3.8) is 0 Å². The molecule has 3 aromatic rings. The second-order valence-corrected chi connectivity index (χ2v) is 7.93. The van der Waals surface area contributed by atoms with Crippen molar-refractivity contribution in [2.45, 2.75) is 53.0 Å². The highest BCUT2D eigenvalue weighted by Crippen LogP contribution is 2.30. The van der Waals surface area contributed by atoms with E-state index in [0.717, 1.165) is 54.7 Å². The molecule has 30 heavy (non-hydrogen) atoms. The van der Waals surface area contributed by atoms with Gasteiger partial charge in [-0.25, -0.2) is 4.98 Å². The number of piperidine rings is 1. The summed E-state index contributed by atoms with van der Waals surface area (Å²) in [5.41, 5.74) is 3.82. The zero-order valence-electron chi connectivity index (χ0n) is 17.9. The third-order valence-electron chi connectivity index (χ3n) is 5.82. The fourth-order valence-electron chi connectivity index (χ4n) is 4.08. The molecule has 158 valence electrons. The van der Waals surface area contributed by atoms with Gasteiger partial charge in [0.05, 0.1) is 11.6 Å². The first kappa shape index (κ1) is 20.3. The third-order valence-corrected chi connectivity index (χ3v) is 5.82. The molecule has 1 aromatic carbocycles. The molecule has 1 aliphatic heterocycles. The van der Waals surface area contributed by atoms with E-state index in [1.54, 1.807) is 0 Å². The van der Waals surface area contributed by atoms with Crippen LogP contribution >= 0.6 is 0 Å². The van der Waals surface area contributed by atoms with Crippen LogP contribution in [0.3, 0.4) is 0 Å². The first-order valence-corrected chi connectivity index (χ1v) is 10.8. The van der Waals surface area contributed by atoms with Crippen molar-refractivity contribution in [1.29, 1.82) is 0 Å². The number of rotatable bonds is 6. The number of hydrogen-bond acceptors (Lipinski definition) is 6. The summed E-state index contributed by atoms with van der Waals surface area (Å²) < 4.78 is 5.42. The predicted molar refractivity (Wildman–Crippen MR) is 116 cm³/mol. The fraction of sp³-hybridized carbons (Fsp3) is 0.478. The second-order valence-electron chi connectivity index (χ2n) is 7.93. The monoisotopic (exact) mass is 407 g/mol. The lowest BCUT2D eigenvalue weighted by Crippen LogP contribution is -2.43. The van der Waals surface area contributed by atoms with Gasteiger partial charge in [0, 0.05) is 19.6 Å². The number of anilines is 1. The van der Waals surface area contributed by atoms with Gasteiger partial charge in [-0.2, -0.15) is 4.98 Å². The highest BCUT2D eigenvalue weighted by Gasteiger charge is 2.29. The van der Waals surface area contributed by atoms with Crippen LogP contribution in [0.25, 0.3) is 11.1 Å². The molecule has 1 saturated heterocycles. The minimum atomic E-state index is -0.0658. The number of carbonyl (C=O) groups excluding carboxylic acids is 1. The molecule has 1 N–H and O–H groups in total. The van der Waals surface area contributed by atoms with Crippen LogP contribution in [0.2, 0.25) is 0 Å². The summed E-state index contributed by atoms with van der Waals surface area (Å²) in [6.07, 6.45) is 3.60. The standard InChI is InChI=1S/C23H29N5O2/c1-4-16-8-10-17(11-9-16)13-24-22(29)18-7-6-12-28(14-18)21-20-19(5-2)27-30-23(20)26-15(3)25-21/h8-11,18H,4-7,12-14H2,1-3H3,(H,24,29)/t18-/m0/s1. The Morgan fingerprint density at radius 1 is 1.17 bits per heavy atom. The Labute approximate surface area is 176 Å². The van der Waals surface area contributed by atoms with Crippen LogP contribution in [0, 0.1) is 12.8 Å². The molecule has 0 unspecified atom stereocenters. The maximum atomic E-state index is 12.9. The van der Waals surface area contributed by atoms with E-state index < -0.39 is 0 Å². The maximum absolute atomic E-state index is 12.9. The largest absolute Gasteiger partial charge is 0.355 e. The van der Waals surface area contributed by atoms with Crippen LogP contribution in [-0.4, -0.2) is 34.1 Å². The van der Waals surface area contributed by atoms with E-state index >= 15 is 0 Å². The Morgan fingerprint density at radius 3 is 2.67 bits per heavy atom. The lowest BCUT2D eigenvalue weighted by atomic mass is 9.96. The Hall–Kier alpha value is -2.96. The number of fused-ring (bicyclic) bond motifs is 1. The van der Waals surface area contributed by atoms with Crippen molar-refractivity contribution in [3.05, 3.63) is 46.9 Å². The second kappa shape index (κ2) is 8.81. The summed E-state index contributed by atoms with van der Waals surface area (Å²) in [6, 6.07) is 8.42. The van der Waals surface area contributed by atoms with Crippen LogP contribution in [-0.2, 0) is 24.2 Å². The smallest absolute Gasteiger partial charge is 0.263 e. The van der Waals surface area contributed by atoms with Gasteiger partial charge in [-0.05, 0) is 43.7 Å². The van der Waals surface area contributed by atoms with Gasteiger partial charge in [-0.15, -0.1) is 0 Å². The topological polar surface area (TPSA) is 84.2 Å². The van der Waals surface area contributed by atoms with Crippen molar-refractivity contribution in [2.75, 3.05) is 18.0 Å². The zero-order valence-corrected chi connectivity index (χ0v) is 17.9. The van der Waals surface area contributed by atoms with Gasteiger partial charge >= 0.3 is 0 Å². The summed E-state index contributed by atoms with van der Waals surface area (Å²) in [4.78, 5) is 24.1. The van der Waals surface area contributed by atoms with Gasteiger partial charge in [0.2, 0.25) is 5.91 Å². The Bertz CT molecular complexity index is 1030. The van der Waals surface area contributed by atoms with Crippen molar-refractivity contribution in [3.8, 4) is 0 Å². The molecule has 1 amide bonds. The van der Waals surface area contributed by atoms with Gasteiger partial charge in [-0.1, -0.05) is 43.3 Å². The molecule has 1 atom stereocenters. The number of hydrogen-bond donors (Lipinski definition) is 1. The van der Waals surface area contributed by atoms with E-state index in [9.17, 15) is 4.79 Å². The van der Waals surface area contributed by atoms with Gasteiger partial charge in [0.15, 0.2) is 0 Å². The quantitative estimate of drug-likeness (QED) is 0.672. The number of aromatic nitrogens is 3. The van der Waals surface area contributed by atoms with Crippen LogP contribution in [0.4, 0.5) is 5.82 Å². The summed E-state index contributed by atoms with van der Waals surface area (Å²) in [5, 5.41) is 8.15. The zero-order chi connectivity index (χ0) is 21.1. The van der Waals surface area contributed by atoms with Crippen molar-refractivity contribution in [1.82, 2.24) is 20.4 Å². The molecule has 2 aromatic heterocycles. The van der Waals surface area contributed by atoms with Gasteiger partial charge in [0.1, 0.15) is 17.0 Å². The predicted octanol–water partition coefficient (Wildman–Crippen LogP) is 3.58. The molecule has 0 radical (unpaired) electrons. The van der Waals surface area contributed by atoms with E-state index in [2.05, 4.69) is 51.5 Å². The van der Waals surface area contributed by atoms with Crippen molar-refractivity contribution in [2.24, 2.45) is 5.92 Å². The highest BCUT2D eigenvalue weighted by atomic mass is 16.5. The van der Waals surface area contributed by atoms with Gasteiger partial charge < -0.3 is 14.7 Å². The summed E-state index contributed by atoms with van der Waals surface area (Å²) in [5.74, 6) is 1.52. The molecule has 0 saturated carbocycles. The Morgan fingerprint density at radius 2 is 1.93 bits per heavy atom. The maximum Gasteiger partial charge on any atom is 0.263 e. The molecule has 4 rings (SSSR count). The van der Waals surface area contributed by atoms with Crippen LogP contribution in [0.5, 0.6) is 0 Å². The number of amides is 1. The SMILES string of the molecule is CCc1ccc(CNC(=O)[C@H]2CCCN(c3nc(C)nc4onc(CC)c34)C2)cc1. The number of carbonyl (C=O) groups is 1. The number of benzene rings is 1. The lowest BCUT2D eigenvalue weighted by molar-refractivity contribution is -0.125. The van der Waals surface area contributed by atoms with Crippen molar-refractivity contribution < 1.29 is 9.32 Å². The van der Waals surface area contributed by atoms with E-state index in [0.29, 0.717) is 24.6 Å². The number of aryl methyl sites for hydroxylation is 3. The highest BCUT2D eigenvalue weighted by molar-refractivity contribution is 5.89. The molecule has 3 heterocycles. The molecule has 7 nitrogen and oxygen atoms in total. The van der Waals surface area contributed by atoms with Gasteiger partial charge in [-0.3, -0.25) is 4.79 Å². The molecule has 0 bridgehead atoms. The first-order chi connectivity index (χ1) is 14.6. The fourth-order valence-corrected chi connectivity index (χ4v) is 4.08. The average molecular weight is 408 g/mol. The summed E-state index contributed by atoms with van der Waals surface area (Å²) in [6.45, 7) is 8.10. The molecule has 0 spiro atoms. The van der Waals surface area contributed by atoms with Crippen LogP contribution in [0.15, 0.2) is 28.8 Å². The third kappa shape index (κ3) is 4.15. The molecule has 1 fully saturated rings. The van der Waals surface area contributed by atoms with E-state index in [1.165, 1.54) is 5.56 Å². The van der Waals surface area contributed by atoms with E-state index in [-0.39, 0.29) is 11.8 Å². The summed E-state index contributed by atoms with van der Waals surface area (Å²) in [7, 11) is 0. The number of nitrogens with one attached hydrogen (secondary N) is 1. The summed E-state index contributed by atoms with van der Waals surface area (Å²) >= 11 is 0. The molecule has 1 aliphatic rings. The van der Waals surface area contributed by atoms with Crippen LogP contribution in [0.1, 0.15) is 49.3 Å². The first-order valence-electron chi connectivity index (χ1n) is 10.8. The van der Waals surface area contributed by atoms with E-state index in [4.69, 9.17) is 9.51 Å². The van der Waals surface area contributed by atoms with Gasteiger partial charge in [0.25, 0.3) is 5.71 Å². The molecular weight excluding hydrogens is 378 g/mol. The Balaban J connectivity index is 1.47. The van der Waals surface area contributed by atoms with Crippen molar-refractivity contribution >= 4 is 22.8 Å². The van der Waals surface area contributed by atoms with E-state index in [1.807, 2.05) is 13.8 Å². The number of nitrogens with zero attached hydrogens (tertiary/aromatic N) is 4. The normalized spacial score (nSPS) is 16.8. The molecular formula is C23H29N5O2. The minimum Gasteiger partial charge on any atom is -0.355 e. The molecule has 7 heteroatoms. The minimum absolute atomic E-state index is 0.0658. The lowest BCUT2D eigenvalue weighted by Gasteiger charge is -2.33. The Kier molecular flexibility index (Phi) is 5.97. The average Bonchev–Trinajstić information content (AvgIpc) is 3.20. The van der Waals surface area contributed by atoms with Crippen LogP contribution < -0.4 is 10.2 Å². The molecule has 0 aliphatic carbocycles.